The molecule has 32 heavy (non-hydrogen) atoms. The van der Waals surface area contributed by atoms with Gasteiger partial charge in [0.2, 0.25) is 0 Å². The molecule has 1 N–H and O–H groups in total. The molecule has 2 aromatic rings. The van der Waals surface area contributed by atoms with Gasteiger partial charge >= 0.3 is 6.09 Å². The quantitative estimate of drug-likeness (QED) is 0.709. The number of hydrogen-bond donors (Lipinski definition) is 1. The molecule has 0 spiro atoms. The number of hydrogen-bond acceptors (Lipinski definition) is 5. The Labute approximate surface area is 192 Å². The third-order valence-corrected chi connectivity index (χ3v) is 6.08. The van der Waals surface area contributed by atoms with Gasteiger partial charge in [-0.3, -0.25) is 9.69 Å². The maximum Gasteiger partial charge on any atom is 0.414 e. The van der Waals surface area contributed by atoms with E-state index in [1.54, 1.807) is 24.8 Å². The van der Waals surface area contributed by atoms with Gasteiger partial charge in [0.05, 0.1) is 21.8 Å². The smallest absolute Gasteiger partial charge is 0.414 e. The molecule has 0 aliphatic carbocycles. The molecule has 8 heteroatoms. The molecule has 1 aromatic carbocycles. The van der Waals surface area contributed by atoms with E-state index in [1.165, 1.54) is 6.20 Å². The van der Waals surface area contributed by atoms with Gasteiger partial charge in [0, 0.05) is 30.9 Å². The Morgan fingerprint density at radius 3 is 2.72 bits per heavy atom. The number of cyclic esters (lactones) is 1. The summed E-state index contributed by atoms with van der Waals surface area (Å²) in [5.74, 6) is 2.83. The van der Waals surface area contributed by atoms with Gasteiger partial charge in [-0.15, -0.1) is 6.42 Å². The fourth-order valence-electron chi connectivity index (χ4n) is 4.04. The average Bonchev–Trinajstić information content (AvgIpc) is 2.79. The summed E-state index contributed by atoms with van der Waals surface area (Å²) in [5.41, 5.74) is 1.52. The van der Waals surface area contributed by atoms with Crippen molar-refractivity contribution >= 4 is 35.1 Å². The number of terminal acetylenes is 1. The fraction of sp³-hybridized carbons (Fsp3) is 0.375. The Kier molecular flexibility index (Phi) is 5.98. The van der Waals surface area contributed by atoms with Crippen LogP contribution in [0.2, 0.25) is 5.02 Å². The number of nitrogens with zero attached hydrogens (tertiary/aromatic N) is 3. The summed E-state index contributed by atoms with van der Waals surface area (Å²) in [4.78, 5) is 33.2. The first-order valence-corrected chi connectivity index (χ1v) is 10.9. The zero-order chi connectivity index (χ0) is 22.9. The molecule has 166 valence electrons. The summed E-state index contributed by atoms with van der Waals surface area (Å²) < 4.78 is 5.37. The van der Waals surface area contributed by atoms with Gasteiger partial charge in [-0.2, -0.15) is 0 Å². The summed E-state index contributed by atoms with van der Waals surface area (Å²) >= 11 is 6.48. The SMILES string of the molecule is C#CC(C)(C)NC(=O)c1cnc(N2CCC(N3C(=O)OCc4ccccc43)CC2)c(Cl)c1. The number of carbonyl (C=O) groups is 2. The number of carbonyl (C=O) groups excluding carboxylic acids is 2. The molecule has 1 fully saturated rings. The van der Waals surface area contributed by atoms with Crippen LogP contribution in [0.1, 0.15) is 42.6 Å². The second-order valence-corrected chi connectivity index (χ2v) is 8.93. The Morgan fingerprint density at radius 1 is 1.31 bits per heavy atom. The Bertz CT molecular complexity index is 1090. The summed E-state index contributed by atoms with van der Waals surface area (Å²) in [5, 5.41) is 3.17. The number of halogens is 1. The molecule has 0 radical (unpaired) electrons. The third kappa shape index (κ3) is 4.37. The van der Waals surface area contributed by atoms with Crippen LogP contribution in [-0.4, -0.2) is 41.7 Å². The van der Waals surface area contributed by atoms with Crippen molar-refractivity contribution in [2.45, 2.75) is 44.9 Å². The van der Waals surface area contributed by atoms with Crippen molar-refractivity contribution in [1.29, 1.82) is 0 Å². The van der Waals surface area contributed by atoms with Crippen LogP contribution in [0.3, 0.4) is 0 Å². The second-order valence-electron chi connectivity index (χ2n) is 8.52. The van der Waals surface area contributed by atoms with Crippen LogP contribution in [0, 0.1) is 12.3 Å². The van der Waals surface area contributed by atoms with E-state index in [0.29, 0.717) is 36.1 Å². The van der Waals surface area contributed by atoms with Crippen LogP contribution < -0.4 is 15.1 Å². The maximum atomic E-state index is 12.5. The molecular weight excluding hydrogens is 428 g/mol. The largest absolute Gasteiger partial charge is 0.444 e. The lowest BCUT2D eigenvalue weighted by Crippen LogP contribution is -2.49. The highest BCUT2D eigenvalue weighted by atomic mass is 35.5. The summed E-state index contributed by atoms with van der Waals surface area (Å²) in [6.07, 6.45) is 8.14. The molecule has 3 heterocycles. The van der Waals surface area contributed by atoms with Gasteiger partial charge < -0.3 is 15.0 Å². The first-order valence-electron chi connectivity index (χ1n) is 10.5. The number of pyridine rings is 1. The van der Waals surface area contributed by atoms with Crippen molar-refractivity contribution in [2.75, 3.05) is 22.9 Å². The molecule has 1 saturated heterocycles. The van der Waals surface area contributed by atoms with E-state index < -0.39 is 5.54 Å². The highest BCUT2D eigenvalue weighted by molar-refractivity contribution is 6.33. The first kappa shape index (κ1) is 22.0. The number of para-hydroxylation sites is 1. The van der Waals surface area contributed by atoms with E-state index in [1.807, 2.05) is 24.3 Å². The average molecular weight is 453 g/mol. The molecule has 1 aromatic heterocycles. The predicted octanol–water partition coefficient (Wildman–Crippen LogP) is 4.00. The second kappa shape index (κ2) is 8.71. The highest BCUT2D eigenvalue weighted by Gasteiger charge is 2.34. The maximum absolute atomic E-state index is 12.5. The fourth-order valence-corrected chi connectivity index (χ4v) is 4.32. The zero-order valence-corrected chi connectivity index (χ0v) is 18.9. The van der Waals surface area contributed by atoms with Crippen LogP contribution in [0.25, 0.3) is 0 Å². The molecular formula is C24H25ClN4O3. The van der Waals surface area contributed by atoms with E-state index in [2.05, 4.69) is 21.1 Å². The topological polar surface area (TPSA) is 74.8 Å². The van der Waals surface area contributed by atoms with E-state index in [4.69, 9.17) is 22.8 Å². The summed E-state index contributed by atoms with van der Waals surface area (Å²) in [7, 11) is 0. The molecule has 2 aliphatic rings. The molecule has 2 amide bonds. The number of nitrogens with one attached hydrogen (secondary N) is 1. The van der Waals surface area contributed by atoms with Gasteiger partial charge in [-0.1, -0.05) is 35.7 Å². The lowest BCUT2D eigenvalue weighted by molar-refractivity contribution is 0.0929. The third-order valence-electron chi connectivity index (χ3n) is 5.80. The van der Waals surface area contributed by atoms with Crippen molar-refractivity contribution in [3.63, 3.8) is 0 Å². The van der Waals surface area contributed by atoms with Crippen LogP contribution in [0.4, 0.5) is 16.3 Å². The molecule has 0 saturated carbocycles. The number of piperidine rings is 1. The number of anilines is 2. The molecule has 7 nitrogen and oxygen atoms in total. The number of aromatic nitrogens is 1. The minimum Gasteiger partial charge on any atom is -0.444 e. The van der Waals surface area contributed by atoms with E-state index in [-0.39, 0.29) is 18.0 Å². The van der Waals surface area contributed by atoms with Crippen molar-refractivity contribution < 1.29 is 14.3 Å². The summed E-state index contributed by atoms with van der Waals surface area (Å²) in [6.45, 7) is 5.16. The number of fused-ring (bicyclic) bond motifs is 1. The monoisotopic (exact) mass is 452 g/mol. The number of rotatable bonds is 4. The van der Waals surface area contributed by atoms with Crippen molar-refractivity contribution in [2.24, 2.45) is 0 Å². The molecule has 4 rings (SSSR count). The van der Waals surface area contributed by atoms with Gasteiger partial charge in [-0.25, -0.2) is 9.78 Å². The number of benzene rings is 1. The number of amides is 2. The predicted molar refractivity (Wildman–Crippen MR) is 124 cm³/mol. The van der Waals surface area contributed by atoms with E-state index >= 15 is 0 Å². The molecule has 0 unspecified atom stereocenters. The zero-order valence-electron chi connectivity index (χ0n) is 18.1. The molecule has 2 aliphatic heterocycles. The van der Waals surface area contributed by atoms with Crippen molar-refractivity contribution in [1.82, 2.24) is 10.3 Å². The minimum atomic E-state index is -0.766. The Morgan fingerprint density at radius 2 is 2.03 bits per heavy atom. The lowest BCUT2D eigenvalue weighted by atomic mass is 10.0. The lowest BCUT2D eigenvalue weighted by Gasteiger charge is -2.40. The van der Waals surface area contributed by atoms with Crippen LogP contribution in [0.5, 0.6) is 0 Å². The van der Waals surface area contributed by atoms with Gasteiger partial charge in [0.25, 0.3) is 5.91 Å². The summed E-state index contributed by atoms with van der Waals surface area (Å²) in [6, 6.07) is 9.48. The molecule has 0 bridgehead atoms. The highest BCUT2D eigenvalue weighted by Crippen LogP contribution is 2.33. The van der Waals surface area contributed by atoms with Gasteiger partial charge in [-0.05, 0) is 38.8 Å². The molecule has 0 atom stereocenters. The van der Waals surface area contributed by atoms with Gasteiger partial charge in [0.15, 0.2) is 0 Å². The Balaban J connectivity index is 1.44. The van der Waals surface area contributed by atoms with Crippen LogP contribution in [0.15, 0.2) is 36.5 Å². The van der Waals surface area contributed by atoms with E-state index in [9.17, 15) is 9.59 Å². The van der Waals surface area contributed by atoms with Crippen LogP contribution >= 0.6 is 11.6 Å². The standard InChI is InChI=1S/C24H25ClN4O3/c1-4-24(2,3)27-22(30)17-13-19(25)21(26-14-17)28-11-9-18(10-12-28)29-20-8-6-5-7-16(20)15-32-23(29)31/h1,5-8,13-14,18H,9-12,15H2,2-3H3,(H,27,30). The normalized spacial score (nSPS) is 16.8. The van der Waals surface area contributed by atoms with Crippen molar-refractivity contribution in [3.05, 3.63) is 52.7 Å². The van der Waals surface area contributed by atoms with Crippen molar-refractivity contribution in [3.8, 4) is 12.3 Å². The Hall–Kier alpha value is -3.24. The van der Waals surface area contributed by atoms with Crippen LogP contribution in [-0.2, 0) is 11.3 Å². The van der Waals surface area contributed by atoms with E-state index in [0.717, 1.165) is 24.1 Å². The van der Waals surface area contributed by atoms with Gasteiger partial charge in [0.1, 0.15) is 12.4 Å². The minimum absolute atomic E-state index is 0.0371. The number of ether oxygens (including phenoxy) is 1. The first-order chi connectivity index (χ1) is 15.3.